The van der Waals surface area contributed by atoms with E-state index in [9.17, 15) is 4.79 Å². The summed E-state index contributed by atoms with van der Waals surface area (Å²) in [6, 6.07) is 23.7. The van der Waals surface area contributed by atoms with Crippen molar-refractivity contribution < 1.29 is 9.21 Å². The van der Waals surface area contributed by atoms with Crippen molar-refractivity contribution in [2.75, 3.05) is 10.6 Å². The number of para-hydroxylation sites is 1. The van der Waals surface area contributed by atoms with E-state index in [0.717, 1.165) is 22.2 Å². The molecule has 4 rings (SSSR count). The molecule has 4 heteroatoms. The first-order valence-corrected chi connectivity index (χ1v) is 9.29. The van der Waals surface area contributed by atoms with Gasteiger partial charge in [-0.1, -0.05) is 54.1 Å². The van der Waals surface area contributed by atoms with E-state index in [2.05, 4.69) is 41.8 Å². The number of amides is 1. The van der Waals surface area contributed by atoms with Gasteiger partial charge in [0.25, 0.3) is 5.91 Å². The fourth-order valence-electron chi connectivity index (χ4n) is 3.19. The van der Waals surface area contributed by atoms with Crippen LogP contribution in [0, 0.1) is 13.8 Å². The predicted octanol–water partition coefficient (Wildman–Crippen LogP) is 5.91. The van der Waals surface area contributed by atoms with Crippen LogP contribution in [0.2, 0.25) is 0 Å². The number of hydrogen-bond donors (Lipinski definition) is 2. The second kappa shape index (κ2) is 7.61. The largest absolute Gasteiger partial charge is 0.449 e. The molecule has 4 aromatic rings. The van der Waals surface area contributed by atoms with Crippen LogP contribution in [0.25, 0.3) is 11.0 Å². The lowest BCUT2D eigenvalue weighted by atomic mass is 10.1. The number of benzene rings is 3. The zero-order valence-electron chi connectivity index (χ0n) is 16.0. The van der Waals surface area contributed by atoms with E-state index in [4.69, 9.17) is 4.42 Å². The van der Waals surface area contributed by atoms with Crippen molar-refractivity contribution in [3.8, 4) is 0 Å². The quantitative estimate of drug-likeness (QED) is 0.459. The molecule has 1 aromatic heterocycles. The summed E-state index contributed by atoms with van der Waals surface area (Å²) < 4.78 is 5.90. The SMILES string of the molecule is Cc1ccc(CNc2c(C(=O)Nc3cccc(C)c3)oc3ccccc23)cc1. The van der Waals surface area contributed by atoms with Crippen molar-refractivity contribution >= 4 is 28.3 Å². The molecule has 0 bridgehead atoms. The van der Waals surface area contributed by atoms with Crippen molar-refractivity contribution in [1.82, 2.24) is 0 Å². The monoisotopic (exact) mass is 370 g/mol. The number of furan rings is 1. The van der Waals surface area contributed by atoms with Crippen LogP contribution in [0.4, 0.5) is 11.4 Å². The first-order valence-electron chi connectivity index (χ1n) is 9.29. The Balaban J connectivity index is 1.64. The van der Waals surface area contributed by atoms with Crippen molar-refractivity contribution in [1.29, 1.82) is 0 Å². The van der Waals surface area contributed by atoms with Gasteiger partial charge in [0.15, 0.2) is 0 Å². The summed E-state index contributed by atoms with van der Waals surface area (Å²) in [7, 11) is 0. The zero-order valence-corrected chi connectivity index (χ0v) is 16.0. The molecule has 0 spiro atoms. The molecule has 140 valence electrons. The van der Waals surface area contributed by atoms with Crippen molar-refractivity contribution in [2.45, 2.75) is 20.4 Å². The van der Waals surface area contributed by atoms with Gasteiger partial charge >= 0.3 is 0 Å². The summed E-state index contributed by atoms with van der Waals surface area (Å²) in [5.41, 5.74) is 5.58. The van der Waals surface area contributed by atoms with Gasteiger partial charge in [-0.25, -0.2) is 0 Å². The number of fused-ring (bicyclic) bond motifs is 1. The minimum atomic E-state index is -0.270. The molecule has 28 heavy (non-hydrogen) atoms. The highest BCUT2D eigenvalue weighted by atomic mass is 16.3. The molecule has 0 unspecified atom stereocenters. The van der Waals surface area contributed by atoms with Crippen LogP contribution >= 0.6 is 0 Å². The van der Waals surface area contributed by atoms with Crippen molar-refractivity contribution in [3.63, 3.8) is 0 Å². The molecular formula is C24H22N2O2. The number of anilines is 2. The van der Waals surface area contributed by atoms with Gasteiger partial charge < -0.3 is 15.1 Å². The molecule has 4 nitrogen and oxygen atoms in total. The summed E-state index contributed by atoms with van der Waals surface area (Å²) >= 11 is 0. The van der Waals surface area contributed by atoms with Gasteiger partial charge in [-0.2, -0.15) is 0 Å². The molecule has 1 heterocycles. The maximum absolute atomic E-state index is 12.9. The molecule has 0 saturated carbocycles. The summed E-state index contributed by atoms with van der Waals surface area (Å²) in [6.07, 6.45) is 0. The van der Waals surface area contributed by atoms with Gasteiger partial charge in [0.1, 0.15) is 5.58 Å². The Morgan fingerprint density at radius 1 is 0.893 bits per heavy atom. The number of aryl methyl sites for hydroxylation is 2. The van der Waals surface area contributed by atoms with E-state index < -0.39 is 0 Å². The standard InChI is InChI=1S/C24H22N2O2/c1-16-10-12-18(13-11-16)15-25-22-20-8-3-4-9-21(20)28-23(22)24(27)26-19-7-5-6-17(2)14-19/h3-14,25H,15H2,1-2H3,(H,26,27). The van der Waals surface area contributed by atoms with Crippen molar-refractivity contribution in [3.05, 3.63) is 95.2 Å². The second-order valence-corrected chi connectivity index (χ2v) is 6.97. The van der Waals surface area contributed by atoms with Crippen LogP contribution in [0.1, 0.15) is 27.2 Å². The number of hydrogen-bond acceptors (Lipinski definition) is 3. The number of nitrogens with one attached hydrogen (secondary N) is 2. The third-order valence-electron chi connectivity index (χ3n) is 4.67. The molecule has 0 atom stereocenters. The minimum absolute atomic E-state index is 0.270. The molecule has 0 fully saturated rings. The minimum Gasteiger partial charge on any atom is -0.449 e. The molecule has 0 aliphatic rings. The molecule has 0 aliphatic carbocycles. The summed E-state index contributed by atoms with van der Waals surface area (Å²) in [6.45, 7) is 4.66. The molecule has 0 radical (unpaired) electrons. The van der Waals surface area contributed by atoms with Crippen molar-refractivity contribution in [2.24, 2.45) is 0 Å². The third kappa shape index (κ3) is 3.76. The summed E-state index contributed by atoms with van der Waals surface area (Å²) in [5.74, 6) is 0.0167. The van der Waals surface area contributed by atoms with Gasteiger partial charge in [-0.15, -0.1) is 0 Å². The zero-order chi connectivity index (χ0) is 19.5. The van der Waals surface area contributed by atoms with Gasteiger partial charge in [-0.3, -0.25) is 4.79 Å². The highest BCUT2D eigenvalue weighted by Crippen LogP contribution is 2.32. The van der Waals surface area contributed by atoms with Crippen LogP contribution < -0.4 is 10.6 Å². The molecule has 3 aromatic carbocycles. The van der Waals surface area contributed by atoms with Gasteiger partial charge in [0.05, 0.1) is 5.69 Å². The highest BCUT2D eigenvalue weighted by molar-refractivity contribution is 6.11. The lowest BCUT2D eigenvalue weighted by Gasteiger charge is -2.09. The first kappa shape index (κ1) is 17.9. The average Bonchev–Trinajstić information content (AvgIpc) is 3.06. The average molecular weight is 370 g/mol. The summed E-state index contributed by atoms with van der Waals surface area (Å²) in [4.78, 5) is 12.9. The maximum Gasteiger partial charge on any atom is 0.293 e. The lowest BCUT2D eigenvalue weighted by molar-refractivity contribution is 0.0999. The van der Waals surface area contributed by atoms with Crippen LogP contribution in [-0.4, -0.2) is 5.91 Å². The number of carbonyl (C=O) groups excluding carboxylic acids is 1. The number of carbonyl (C=O) groups is 1. The van der Waals surface area contributed by atoms with Crippen LogP contribution in [-0.2, 0) is 6.54 Å². The van der Waals surface area contributed by atoms with Gasteiger partial charge in [-0.05, 0) is 49.2 Å². The van der Waals surface area contributed by atoms with E-state index in [0.29, 0.717) is 17.8 Å². The molecule has 1 amide bonds. The second-order valence-electron chi connectivity index (χ2n) is 6.97. The van der Waals surface area contributed by atoms with Gasteiger partial charge in [0.2, 0.25) is 5.76 Å². The third-order valence-corrected chi connectivity index (χ3v) is 4.67. The van der Waals surface area contributed by atoms with Gasteiger partial charge in [0, 0.05) is 17.6 Å². The Labute approximate surface area is 164 Å². The Morgan fingerprint density at radius 2 is 1.68 bits per heavy atom. The summed E-state index contributed by atoms with van der Waals surface area (Å²) in [5, 5.41) is 7.22. The highest BCUT2D eigenvalue weighted by Gasteiger charge is 2.20. The fraction of sp³-hybridized carbons (Fsp3) is 0.125. The van der Waals surface area contributed by atoms with E-state index >= 15 is 0 Å². The Kier molecular flexibility index (Phi) is 4.85. The van der Waals surface area contributed by atoms with E-state index in [1.54, 1.807) is 0 Å². The Bertz CT molecular complexity index is 1130. The van der Waals surface area contributed by atoms with E-state index in [-0.39, 0.29) is 11.7 Å². The molecule has 2 N–H and O–H groups in total. The maximum atomic E-state index is 12.9. The topological polar surface area (TPSA) is 54.3 Å². The van der Waals surface area contributed by atoms with Crippen LogP contribution in [0.5, 0.6) is 0 Å². The van der Waals surface area contributed by atoms with Crippen LogP contribution in [0.15, 0.2) is 77.2 Å². The molecule has 0 aliphatic heterocycles. The van der Waals surface area contributed by atoms with Crippen LogP contribution in [0.3, 0.4) is 0 Å². The number of rotatable bonds is 5. The lowest BCUT2D eigenvalue weighted by Crippen LogP contribution is -2.13. The van der Waals surface area contributed by atoms with E-state index in [1.165, 1.54) is 5.56 Å². The normalized spacial score (nSPS) is 10.8. The Hall–Kier alpha value is -3.53. The Morgan fingerprint density at radius 3 is 2.46 bits per heavy atom. The fourth-order valence-corrected chi connectivity index (χ4v) is 3.19. The predicted molar refractivity (Wildman–Crippen MR) is 114 cm³/mol. The first-order chi connectivity index (χ1) is 13.6. The molecule has 0 saturated heterocycles. The smallest absolute Gasteiger partial charge is 0.293 e. The molecular weight excluding hydrogens is 348 g/mol. The van der Waals surface area contributed by atoms with E-state index in [1.807, 2.05) is 55.5 Å².